The van der Waals surface area contributed by atoms with Gasteiger partial charge in [0.25, 0.3) is 5.56 Å². The number of aryl methyl sites for hydroxylation is 1. The van der Waals surface area contributed by atoms with Crippen LogP contribution in [0.2, 0.25) is 0 Å². The molecule has 0 radical (unpaired) electrons. The number of aromatic nitrogens is 2. The number of H-pyrrole nitrogens is 1. The Balaban J connectivity index is 2.15. The van der Waals surface area contributed by atoms with Gasteiger partial charge in [0.1, 0.15) is 0 Å². The lowest BCUT2D eigenvalue weighted by molar-refractivity contribution is -0.137. The van der Waals surface area contributed by atoms with Gasteiger partial charge in [0.15, 0.2) is 0 Å². The van der Waals surface area contributed by atoms with Gasteiger partial charge in [0.2, 0.25) is 0 Å². The van der Waals surface area contributed by atoms with Gasteiger partial charge in [0, 0.05) is 4.90 Å². The first-order valence-corrected chi connectivity index (χ1v) is 9.25. The highest BCUT2D eigenvalue weighted by atomic mass is 32.2. The molecular weight excluding hydrogens is 377 g/mol. The van der Waals surface area contributed by atoms with Crippen molar-refractivity contribution in [3.63, 3.8) is 0 Å². The number of alkyl halides is 3. The van der Waals surface area contributed by atoms with Gasteiger partial charge < -0.3 is 4.98 Å². The monoisotopic (exact) mass is 394 g/mol. The van der Waals surface area contributed by atoms with E-state index in [-0.39, 0.29) is 17.4 Å². The first kappa shape index (κ1) is 19.3. The lowest BCUT2D eigenvalue weighted by Crippen LogP contribution is -2.35. The quantitative estimate of drug-likeness (QED) is 0.676. The van der Waals surface area contributed by atoms with Crippen molar-refractivity contribution in [3.8, 4) is 0 Å². The molecule has 0 saturated carbocycles. The zero-order chi connectivity index (χ0) is 19.8. The van der Waals surface area contributed by atoms with E-state index in [4.69, 9.17) is 0 Å². The second-order valence-corrected chi connectivity index (χ2v) is 7.43. The molecule has 0 fully saturated rings. The molecule has 0 aliphatic carbocycles. The summed E-state index contributed by atoms with van der Waals surface area (Å²) in [6, 6.07) is 8.40. The van der Waals surface area contributed by atoms with Crippen LogP contribution in [0.5, 0.6) is 0 Å². The Morgan fingerprint density at radius 2 is 1.85 bits per heavy atom. The van der Waals surface area contributed by atoms with Crippen molar-refractivity contribution in [2.24, 2.45) is 0 Å². The molecule has 0 spiro atoms. The predicted octanol–water partition coefficient (Wildman–Crippen LogP) is 4.18. The summed E-state index contributed by atoms with van der Waals surface area (Å²) in [5, 5.41) is -0.166. The van der Waals surface area contributed by atoms with E-state index in [0.717, 1.165) is 44.5 Å². The minimum Gasteiger partial charge on any atom is -0.307 e. The maximum absolute atomic E-state index is 13.0. The van der Waals surface area contributed by atoms with Gasteiger partial charge in [-0.25, -0.2) is 4.79 Å². The van der Waals surface area contributed by atoms with Crippen LogP contribution in [0.25, 0.3) is 10.9 Å². The number of benzene rings is 2. The van der Waals surface area contributed by atoms with Gasteiger partial charge in [-0.05, 0) is 48.1 Å². The lowest BCUT2D eigenvalue weighted by Gasteiger charge is -2.12. The highest BCUT2D eigenvalue weighted by Crippen LogP contribution is 2.30. The Morgan fingerprint density at radius 3 is 2.52 bits per heavy atom. The standard InChI is InChI=1S/C19H17F3N2O2S/c1-3-27-16-8-11(2)4-5-12(16)10-24-17(25)14-9-13(19(20,21)22)6-7-15(14)23-18(24)26/h4-9H,3,10H2,1-2H3,(H,23,26). The normalized spacial score (nSPS) is 11.9. The van der Waals surface area contributed by atoms with E-state index in [2.05, 4.69) is 4.98 Å². The molecule has 0 aliphatic rings. The summed E-state index contributed by atoms with van der Waals surface area (Å²) >= 11 is 1.58. The number of thioether (sulfide) groups is 1. The van der Waals surface area contributed by atoms with Crippen molar-refractivity contribution in [1.29, 1.82) is 0 Å². The maximum atomic E-state index is 13.0. The Hall–Kier alpha value is -2.48. The molecule has 142 valence electrons. The van der Waals surface area contributed by atoms with Gasteiger partial charge in [-0.2, -0.15) is 13.2 Å². The summed E-state index contributed by atoms with van der Waals surface area (Å²) in [6.07, 6.45) is -4.57. The summed E-state index contributed by atoms with van der Waals surface area (Å²) in [7, 11) is 0. The van der Waals surface area contributed by atoms with Gasteiger partial charge in [-0.15, -0.1) is 11.8 Å². The zero-order valence-corrected chi connectivity index (χ0v) is 15.5. The number of aromatic amines is 1. The van der Waals surface area contributed by atoms with Crippen molar-refractivity contribution in [2.45, 2.75) is 31.5 Å². The SMILES string of the molecule is CCSc1cc(C)ccc1Cn1c(=O)[nH]c2ccc(C(F)(F)F)cc2c1=O. The fraction of sp³-hybridized carbons (Fsp3) is 0.263. The Kier molecular flexibility index (Phi) is 5.19. The molecule has 1 aromatic heterocycles. The molecule has 4 nitrogen and oxygen atoms in total. The summed E-state index contributed by atoms with van der Waals surface area (Å²) < 4.78 is 39.8. The van der Waals surface area contributed by atoms with Crippen molar-refractivity contribution in [1.82, 2.24) is 9.55 Å². The molecule has 1 heterocycles. The van der Waals surface area contributed by atoms with Crippen LogP contribution in [0.1, 0.15) is 23.6 Å². The zero-order valence-electron chi connectivity index (χ0n) is 14.7. The van der Waals surface area contributed by atoms with Gasteiger partial charge >= 0.3 is 11.9 Å². The number of nitrogens with one attached hydrogen (secondary N) is 1. The molecule has 2 aromatic carbocycles. The van der Waals surface area contributed by atoms with E-state index in [1.54, 1.807) is 11.8 Å². The molecule has 8 heteroatoms. The third-order valence-corrected chi connectivity index (χ3v) is 5.14. The second kappa shape index (κ2) is 7.26. The number of nitrogens with zero attached hydrogens (tertiary/aromatic N) is 1. The van der Waals surface area contributed by atoms with Crippen molar-refractivity contribution in [3.05, 3.63) is 73.9 Å². The van der Waals surface area contributed by atoms with Crippen molar-refractivity contribution < 1.29 is 13.2 Å². The van der Waals surface area contributed by atoms with Crippen molar-refractivity contribution in [2.75, 3.05) is 5.75 Å². The number of halogens is 3. The summed E-state index contributed by atoms with van der Waals surface area (Å²) in [4.78, 5) is 28.5. The largest absolute Gasteiger partial charge is 0.416 e. The second-order valence-electron chi connectivity index (χ2n) is 6.12. The predicted molar refractivity (Wildman–Crippen MR) is 101 cm³/mol. The topological polar surface area (TPSA) is 54.9 Å². The average Bonchev–Trinajstić information content (AvgIpc) is 2.59. The summed E-state index contributed by atoms with van der Waals surface area (Å²) in [5.74, 6) is 0.814. The number of hydrogen-bond acceptors (Lipinski definition) is 3. The smallest absolute Gasteiger partial charge is 0.307 e. The molecule has 0 unspecified atom stereocenters. The number of rotatable bonds is 4. The maximum Gasteiger partial charge on any atom is 0.416 e. The van der Waals surface area contributed by atoms with Crippen LogP contribution in [0.3, 0.4) is 0 Å². The fourth-order valence-corrected chi connectivity index (χ4v) is 3.72. The number of hydrogen-bond donors (Lipinski definition) is 1. The Bertz CT molecular complexity index is 1120. The van der Waals surface area contributed by atoms with E-state index >= 15 is 0 Å². The van der Waals surface area contributed by atoms with Crippen molar-refractivity contribution >= 4 is 22.7 Å². The summed E-state index contributed by atoms with van der Waals surface area (Å²) in [6.45, 7) is 3.92. The van der Waals surface area contributed by atoms with E-state index in [0.29, 0.717) is 0 Å². The average molecular weight is 394 g/mol. The fourth-order valence-electron chi connectivity index (χ4n) is 2.82. The molecule has 3 rings (SSSR count). The first-order valence-electron chi connectivity index (χ1n) is 8.27. The van der Waals surface area contributed by atoms with Gasteiger partial charge in [-0.3, -0.25) is 9.36 Å². The number of fused-ring (bicyclic) bond motifs is 1. The van der Waals surface area contributed by atoms with E-state index in [1.807, 2.05) is 32.0 Å². The molecule has 3 aromatic rings. The van der Waals surface area contributed by atoms with E-state index < -0.39 is 23.0 Å². The highest BCUT2D eigenvalue weighted by Gasteiger charge is 2.31. The Labute approximate surface area is 157 Å². The minimum absolute atomic E-state index is 0.0109. The van der Waals surface area contributed by atoms with E-state index in [1.165, 1.54) is 0 Å². The molecule has 0 amide bonds. The van der Waals surface area contributed by atoms with Crippen LogP contribution in [-0.2, 0) is 12.7 Å². The van der Waals surface area contributed by atoms with Gasteiger partial charge in [0.05, 0.1) is 23.0 Å². The molecule has 0 bridgehead atoms. The van der Waals surface area contributed by atoms with Crippen LogP contribution in [0, 0.1) is 6.92 Å². The molecule has 0 saturated heterocycles. The molecular formula is C19H17F3N2O2S. The van der Waals surface area contributed by atoms with E-state index in [9.17, 15) is 22.8 Å². The molecule has 1 N–H and O–H groups in total. The third kappa shape index (κ3) is 3.95. The van der Waals surface area contributed by atoms with Crippen LogP contribution in [-0.4, -0.2) is 15.3 Å². The van der Waals surface area contributed by atoms with Crippen LogP contribution >= 0.6 is 11.8 Å². The molecule has 27 heavy (non-hydrogen) atoms. The third-order valence-electron chi connectivity index (χ3n) is 4.16. The van der Waals surface area contributed by atoms with Crippen LogP contribution in [0.4, 0.5) is 13.2 Å². The first-order chi connectivity index (χ1) is 12.7. The van der Waals surface area contributed by atoms with Gasteiger partial charge in [-0.1, -0.05) is 19.1 Å². The van der Waals surface area contributed by atoms with Crippen LogP contribution in [0.15, 0.2) is 50.9 Å². The van der Waals surface area contributed by atoms with Crippen LogP contribution < -0.4 is 11.2 Å². The lowest BCUT2D eigenvalue weighted by atomic mass is 10.1. The molecule has 0 aliphatic heterocycles. The highest BCUT2D eigenvalue weighted by molar-refractivity contribution is 7.99. The summed E-state index contributed by atoms with van der Waals surface area (Å²) in [5.41, 5.74) is -0.423. The Morgan fingerprint density at radius 1 is 1.11 bits per heavy atom. The molecule has 0 atom stereocenters. The minimum atomic E-state index is -4.57.